The van der Waals surface area contributed by atoms with Gasteiger partial charge in [0, 0.05) is 11.3 Å². The van der Waals surface area contributed by atoms with Crippen molar-refractivity contribution in [3.05, 3.63) is 89.0 Å². The number of ketones is 1. The molecule has 0 aromatic heterocycles. The second-order valence-corrected chi connectivity index (χ2v) is 10.7. The molecule has 0 radical (unpaired) electrons. The van der Waals surface area contributed by atoms with Crippen LogP contribution in [0.15, 0.2) is 77.2 Å². The van der Waals surface area contributed by atoms with Crippen LogP contribution in [0.25, 0.3) is 5.76 Å². The van der Waals surface area contributed by atoms with E-state index in [1.165, 1.54) is 36.3 Å². The highest BCUT2D eigenvalue weighted by Crippen LogP contribution is 2.43. The number of nitrogens with zero attached hydrogens (tertiary/aromatic N) is 1. The third-order valence-corrected chi connectivity index (χ3v) is 7.37. The molecule has 0 spiro atoms. The van der Waals surface area contributed by atoms with Gasteiger partial charge in [-0.05, 0) is 71.6 Å². The number of nitrogens with two attached hydrogens (primary N) is 1. The Morgan fingerprint density at radius 2 is 1.58 bits per heavy atom. The molecule has 3 aromatic carbocycles. The lowest BCUT2D eigenvalue weighted by Crippen LogP contribution is -2.29. The summed E-state index contributed by atoms with van der Waals surface area (Å²) in [5.74, 6) is -0.806. The normalized spacial score (nSPS) is 17.2. The third-order valence-electron chi connectivity index (χ3n) is 6.44. The molecule has 4 rings (SSSR count). The molecular formula is C28H28N2O7S. The molecule has 198 valence electrons. The number of sulfonamides is 1. The first kappa shape index (κ1) is 26.9. The minimum absolute atomic E-state index is 0.0647. The van der Waals surface area contributed by atoms with Crippen LogP contribution in [-0.4, -0.2) is 39.4 Å². The first-order valence-corrected chi connectivity index (χ1v) is 13.3. The zero-order valence-corrected chi connectivity index (χ0v) is 22.2. The summed E-state index contributed by atoms with van der Waals surface area (Å²) in [5.41, 5.74) is 1.88. The lowest BCUT2D eigenvalue weighted by Gasteiger charge is -2.26. The standard InChI is InChI=1S/C28H28N2O7S/c1-16(2)22-15-18(7-14-23(22)37-4)26(31)24-25(17-5-10-20(36-3)11-6-17)30(28(33)27(24)32)19-8-12-21(13-9-19)38(29,34)35/h5-16,25,31H,1-4H3,(H2,29,34,35)/b26-24-. The molecule has 9 nitrogen and oxygen atoms in total. The lowest BCUT2D eigenvalue weighted by atomic mass is 9.93. The average molecular weight is 537 g/mol. The molecule has 1 fully saturated rings. The van der Waals surface area contributed by atoms with E-state index < -0.39 is 27.8 Å². The molecule has 1 aliphatic heterocycles. The van der Waals surface area contributed by atoms with Gasteiger partial charge in [0.1, 0.15) is 17.3 Å². The molecule has 1 aliphatic rings. The zero-order valence-electron chi connectivity index (χ0n) is 21.3. The summed E-state index contributed by atoms with van der Waals surface area (Å²) in [7, 11) is -0.891. The molecule has 0 bridgehead atoms. The van der Waals surface area contributed by atoms with Gasteiger partial charge >= 0.3 is 0 Å². The number of hydrogen-bond acceptors (Lipinski definition) is 7. The number of aliphatic hydroxyl groups is 1. The van der Waals surface area contributed by atoms with Crippen molar-refractivity contribution >= 4 is 33.2 Å². The summed E-state index contributed by atoms with van der Waals surface area (Å²) in [5, 5.41) is 16.7. The number of benzene rings is 3. The fourth-order valence-electron chi connectivity index (χ4n) is 4.49. The minimum Gasteiger partial charge on any atom is -0.507 e. The van der Waals surface area contributed by atoms with Gasteiger partial charge in [-0.1, -0.05) is 26.0 Å². The van der Waals surface area contributed by atoms with Gasteiger partial charge in [0.05, 0.1) is 30.7 Å². The summed E-state index contributed by atoms with van der Waals surface area (Å²) < 4.78 is 34.1. The summed E-state index contributed by atoms with van der Waals surface area (Å²) >= 11 is 0. The number of aliphatic hydroxyl groups excluding tert-OH is 1. The fraction of sp³-hybridized carbons (Fsp3) is 0.214. The number of rotatable bonds is 7. The van der Waals surface area contributed by atoms with E-state index in [0.29, 0.717) is 22.6 Å². The maximum Gasteiger partial charge on any atom is 0.300 e. The summed E-state index contributed by atoms with van der Waals surface area (Å²) in [6.07, 6.45) is 0. The van der Waals surface area contributed by atoms with Crippen molar-refractivity contribution in [2.75, 3.05) is 19.1 Å². The van der Waals surface area contributed by atoms with E-state index in [2.05, 4.69) is 0 Å². The highest BCUT2D eigenvalue weighted by molar-refractivity contribution is 7.89. The fourth-order valence-corrected chi connectivity index (χ4v) is 5.00. The SMILES string of the molecule is COc1ccc(C2/C(=C(/O)c3ccc(OC)c(C(C)C)c3)C(=O)C(=O)N2c2ccc(S(N)(=O)=O)cc2)cc1. The van der Waals surface area contributed by atoms with Crippen molar-refractivity contribution in [2.24, 2.45) is 5.14 Å². The number of primary sulfonamides is 1. The number of carbonyl (C=O) groups excluding carboxylic acids is 2. The summed E-state index contributed by atoms with van der Waals surface area (Å²) in [4.78, 5) is 27.9. The second-order valence-electron chi connectivity index (χ2n) is 9.09. The molecule has 3 aromatic rings. The first-order chi connectivity index (χ1) is 18.0. The molecule has 1 atom stereocenters. The van der Waals surface area contributed by atoms with Crippen LogP contribution in [0.1, 0.15) is 42.5 Å². The van der Waals surface area contributed by atoms with Crippen molar-refractivity contribution < 1.29 is 32.6 Å². The molecule has 1 saturated heterocycles. The molecule has 1 heterocycles. The molecular weight excluding hydrogens is 508 g/mol. The quantitative estimate of drug-likeness (QED) is 0.264. The second kappa shape index (κ2) is 10.3. The van der Waals surface area contributed by atoms with Crippen molar-refractivity contribution in [2.45, 2.75) is 30.7 Å². The van der Waals surface area contributed by atoms with Crippen molar-refractivity contribution in [1.29, 1.82) is 0 Å². The van der Waals surface area contributed by atoms with Gasteiger partial charge in [-0.2, -0.15) is 0 Å². The Hall–Kier alpha value is -4.15. The molecule has 1 amide bonds. The number of amides is 1. The first-order valence-electron chi connectivity index (χ1n) is 11.7. The molecule has 10 heteroatoms. The molecule has 38 heavy (non-hydrogen) atoms. The van der Waals surface area contributed by atoms with Crippen molar-refractivity contribution in [1.82, 2.24) is 0 Å². The molecule has 1 unspecified atom stereocenters. The predicted octanol–water partition coefficient (Wildman–Crippen LogP) is 4.10. The van der Waals surface area contributed by atoms with Crippen LogP contribution in [0.2, 0.25) is 0 Å². The number of methoxy groups -OCH3 is 2. The van der Waals surface area contributed by atoms with Crippen LogP contribution in [0.5, 0.6) is 11.5 Å². The lowest BCUT2D eigenvalue weighted by molar-refractivity contribution is -0.132. The van der Waals surface area contributed by atoms with E-state index in [-0.39, 0.29) is 27.8 Å². The zero-order chi connectivity index (χ0) is 27.8. The van der Waals surface area contributed by atoms with Crippen LogP contribution in [0.4, 0.5) is 5.69 Å². The van der Waals surface area contributed by atoms with Gasteiger partial charge in [-0.15, -0.1) is 0 Å². The average Bonchev–Trinajstić information content (AvgIpc) is 3.17. The smallest absolute Gasteiger partial charge is 0.300 e. The highest BCUT2D eigenvalue weighted by Gasteiger charge is 2.47. The number of carbonyl (C=O) groups is 2. The van der Waals surface area contributed by atoms with Crippen LogP contribution >= 0.6 is 0 Å². The topological polar surface area (TPSA) is 136 Å². The third kappa shape index (κ3) is 4.88. The monoisotopic (exact) mass is 536 g/mol. The Morgan fingerprint density at radius 3 is 2.11 bits per heavy atom. The van der Waals surface area contributed by atoms with E-state index in [9.17, 15) is 23.1 Å². The maximum absolute atomic E-state index is 13.4. The van der Waals surface area contributed by atoms with E-state index in [0.717, 1.165) is 5.56 Å². The van der Waals surface area contributed by atoms with E-state index in [1.54, 1.807) is 49.6 Å². The number of anilines is 1. The van der Waals surface area contributed by atoms with Crippen LogP contribution in [-0.2, 0) is 19.6 Å². The van der Waals surface area contributed by atoms with Crippen molar-refractivity contribution in [3.8, 4) is 11.5 Å². The molecule has 0 saturated carbocycles. The Kier molecular flexibility index (Phi) is 7.30. The van der Waals surface area contributed by atoms with Gasteiger partial charge in [0.15, 0.2) is 0 Å². The Labute approximate surface area is 221 Å². The summed E-state index contributed by atoms with van der Waals surface area (Å²) in [6.45, 7) is 3.95. The van der Waals surface area contributed by atoms with E-state index in [4.69, 9.17) is 14.6 Å². The largest absolute Gasteiger partial charge is 0.507 e. The Balaban J connectivity index is 1.93. The highest BCUT2D eigenvalue weighted by atomic mass is 32.2. The maximum atomic E-state index is 13.4. The van der Waals surface area contributed by atoms with Gasteiger partial charge < -0.3 is 14.6 Å². The van der Waals surface area contributed by atoms with Gasteiger partial charge in [-0.25, -0.2) is 13.6 Å². The van der Waals surface area contributed by atoms with Crippen molar-refractivity contribution in [3.63, 3.8) is 0 Å². The van der Waals surface area contributed by atoms with Gasteiger partial charge in [0.2, 0.25) is 10.0 Å². The van der Waals surface area contributed by atoms with Gasteiger partial charge in [-0.3, -0.25) is 14.5 Å². The summed E-state index contributed by atoms with van der Waals surface area (Å²) in [6, 6.07) is 16.1. The number of ether oxygens (including phenoxy) is 2. The minimum atomic E-state index is -3.96. The van der Waals surface area contributed by atoms with Crippen LogP contribution in [0.3, 0.4) is 0 Å². The van der Waals surface area contributed by atoms with Gasteiger partial charge in [0.25, 0.3) is 11.7 Å². The Morgan fingerprint density at radius 1 is 0.947 bits per heavy atom. The Bertz CT molecular complexity index is 1530. The van der Waals surface area contributed by atoms with Crippen LogP contribution in [0, 0.1) is 0 Å². The van der Waals surface area contributed by atoms with Crippen LogP contribution < -0.4 is 19.5 Å². The number of hydrogen-bond donors (Lipinski definition) is 2. The molecule has 3 N–H and O–H groups in total. The molecule has 0 aliphatic carbocycles. The number of Topliss-reactive ketones (excluding diaryl/α,β-unsaturated/α-hetero) is 1. The predicted molar refractivity (Wildman–Crippen MR) is 143 cm³/mol. The van der Waals surface area contributed by atoms with E-state index in [1.807, 2.05) is 13.8 Å². The van der Waals surface area contributed by atoms with E-state index >= 15 is 0 Å².